The highest BCUT2D eigenvalue weighted by Gasteiger charge is 2.40. The molecule has 0 unspecified atom stereocenters. The fourth-order valence-corrected chi connectivity index (χ4v) is 2.67. The molecule has 122 valence electrons. The van der Waals surface area contributed by atoms with Crippen LogP contribution in [-0.2, 0) is 20.9 Å². The number of furan rings is 1. The van der Waals surface area contributed by atoms with Crippen molar-refractivity contribution in [2.75, 3.05) is 14.2 Å². The van der Waals surface area contributed by atoms with Gasteiger partial charge in [0, 0.05) is 13.0 Å². The lowest BCUT2D eigenvalue weighted by molar-refractivity contribution is -0.192. The Labute approximate surface area is 134 Å². The van der Waals surface area contributed by atoms with Gasteiger partial charge in [-0.25, -0.2) is 4.79 Å². The molecule has 6 heteroatoms. The van der Waals surface area contributed by atoms with Crippen LogP contribution in [0.4, 0.5) is 0 Å². The second-order valence-electron chi connectivity index (χ2n) is 5.31. The SMILES string of the molecule is COC(=O)[C@H]1C[C@H](c2ccco2)N(Cc2ccc(OC)cc2)O1. The second-order valence-corrected chi connectivity index (χ2v) is 5.31. The maximum atomic E-state index is 11.8. The summed E-state index contributed by atoms with van der Waals surface area (Å²) in [7, 11) is 2.99. The summed E-state index contributed by atoms with van der Waals surface area (Å²) in [5, 5.41) is 1.77. The molecule has 0 spiro atoms. The molecule has 1 saturated heterocycles. The molecule has 0 N–H and O–H groups in total. The zero-order valence-corrected chi connectivity index (χ0v) is 13.1. The number of rotatable bonds is 5. The maximum Gasteiger partial charge on any atom is 0.337 e. The van der Waals surface area contributed by atoms with E-state index in [9.17, 15) is 4.79 Å². The van der Waals surface area contributed by atoms with Gasteiger partial charge in [-0.1, -0.05) is 12.1 Å². The van der Waals surface area contributed by atoms with Gasteiger partial charge in [-0.3, -0.25) is 4.84 Å². The monoisotopic (exact) mass is 317 g/mol. The number of hydroxylamine groups is 2. The minimum atomic E-state index is -0.617. The Balaban J connectivity index is 1.77. The number of esters is 1. The first kappa shape index (κ1) is 15.6. The zero-order chi connectivity index (χ0) is 16.2. The summed E-state index contributed by atoms with van der Waals surface area (Å²) >= 11 is 0. The van der Waals surface area contributed by atoms with Crippen molar-refractivity contribution in [1.29, 1.82) is 0 Å². The van der Waals surface area contributed by atoms with Gasteiger partial charge in [0.25, 0.3) is 0 Å². The largest absolute Gasteiger partial charge is 0.497 e. The van der Waals surface area contributed by atoms with E-state index >= 15 is 0 Å². The van der Waals surface area contributed by atoms with Crippen LogP contribution in [0, 0.1) is 0 Å². The highest BCUT2D eigenvalue weighted by atomic mass is 16.7. The molecule has 3 rings (SSSR count). The van der Waals surface area contributed by atoms with Crippen molar-refractivity contribution in [3.63, 3.8) is 0 Å². The minimum Gasteiger partial charge on any atom is -0.497 e. The van der Waals surface area contributed by atoms with Crippen LogP contribution in [0.3, 0.4) is 0 Å². The fourth-order valence-electron chi connectivity index (χ4n) is 2.67. The molecule has 1 aliphatic rings. The van der Waals surface area contributed by atoms with Crippen LogP contribution in [0.25, 0.3) is 0 Å². The van der Waals surface area contributed by atoms with E-state index in [1.807, 2.05) is 36.4 Å². The lowest BCUT2D eigenvalue weighted by Crippen LogP contribution is -2.25. The van der Waals surface area contributed by atoms with Crippen molar-refractivity contribution < 1.29 is 23.5 Å². The van der Waals surface area contributed by atoms with E-state index < -0.39 is 6.10 Å². The molecule has 0 radical (unpaired) electrons. The van der Waals surface area contributed by atoms with Gasteiger partial charge < -0.3 is 13.9 Å². The van der Waals surface area contributed by atoms with Crippen molar-refractivity contribution in [1.82, 2.24) is 5.06 Å². The predicted octanol–water partition coefficient (Wildman–Crippen LogP) is 2.71. The Morgan fingerprint density at radius 2 is 2.04 bits per heavy atom. The van der Waals surface area contributed by atoms with E-state index in [-0.39, 0.29) is 12.0 Å². The molecule has 1 aliphatic heterocycles. The Bertz CT molecular complexity index is 638. The first-order chi connectivity index (χ1) is 11.2. The molecule has 1 aromatic carbocycles. The van der Waals surface area contributed by atoms with Gasteiger partial charge in [-0.15, -0.1) is 0 Å². The molecule has 2 heterocycles. The zero-order valence-electron chi connectivity index (χ0n) is 13.1. The maximum absolute atomic E-state index is 11.8. The molecule has 0 amide bonds. The van der Waals surface area contributed by atoms with E-state index in [4.69, 9.17) is 18.7 Å². The number of carbonyl (C=O) groups is 1. The Morgan fingerprint density at radius 1 is 1.26 bits per heavy atom. The van der Waals surface area contributed by atoms with Crippen LogP contribution in [0.2, 0.25) is 0 Å². The normalized spacial score (nSPS) is 21.3. The molecule has 6 nitrogen and oxygen atoms in total. The summed E-state index contributed by atoms with van der Waals surface area (Å²) in [6, 6.07) is 11.3. The third-order valence-corrected chi connectivity index (χ3v) is 3.88. The van der Waals surface area contributed by atoms with E-state index in [1.54, 1.807) is 18.4 Å². The van der Waals surface area contributed by atoms with Crippen LogP contribution >= 0.6 is 0 Å². The Kier molecular flexibility index (Phi) is 4.64. The molecule has 0 bridgehead atoms. The van der Waals surface area contributed by atoms with Crippen LogP contribution in [0.5, 0.6) is 5.75 Å². The van der Waals surface area contributed by atoms with Gasteiger partial charge in [0.05, 0.1) is 26.5 Å². The van der Waals surface area contributed by atoms with E-state index in [0.29, 0.717) is 13.0 Å². The van der Waals surface area contributed by atoms with Crippen LogP contribution in [0.15, 0.2) is 47.1 Å². The van der Waals surface area contributed by atoms with Gasteiger partial charge in [-0.2, -0.15) is 5.06 Å². The quantitative estimate of drug-likeness (QED) is 0.790. The number of hydrogen-bond acceptors (Lipinski definition) is 6. The fraction of sp³-hybridized carbons (Fsp3) is 0.353. The van der Waals surface area contributed by atoms with Gasteiger partial charge in [0.2, 0.25) is 0 Å². The van der Waals surface area contributed by atoms with Gasteiger partial charge in [-0.05, 0) is 29.8 Å². The van der Waals surface area contributed by atoms with Crippen molar-refractivity contribution in [3.05, 3.63) is 54.0 Å². The molecule has 2 atom stereocenters. The molecular formula is C17H19NO5. The predicted molar refractivity (Wildman–Crippen MR) is 81.5 cm³/mol. The number of hydrogen-bond donors (Lipinski definition) is 0. The molecular weight excluding hydrogens is 298 g/mol. The summed E-state index contributed by atoms with van der Waals surface area (Å²) in [5.74, 6) is 1.19. The van der Waals surface area contributed by atoms with Crippen molar-refractivity contribution in [2.45, 2.75) is 25.1 Å². The molecule has 0 saturated carbocycles. The van der Waals surface area contributed by atoms with E-state index in [2.05, 4.69) is 0 Å². The first-order valence-corrected chi connectivity index (χ1v) is 7.39. The molecule has 23 heavy (non-hydrogen) atoms. The van der Waals surface area contributed by atoms with Crippen LogP contribution in [-0.4, -0.2) is 31.4 Å². The molecule has 2 aromatic rings. The molecule has 1 fully saturated rings. The third-order valence-electron chi connectivity index (χ3n) is 3.88. The highest BCUT2D eigenvalue weighted by molar-refractivity contribution is 5.74. The average Bonchev–Trinajstić information content (AvgIpc) is 3.24. The molecule has 0 aliphatic carbocycles. The van der Waals surface area contributed by atoms with E-state index in [1.165, 1.54) is 7.11 Å². The summed E-state index contributed by atoms with van der Waals surface area (Å²) < 4.78 is 15.4. The van der Waals surface area contributed by atoms with Crippen LogP contribution in [0.1, 0.15) is 23.8 Å². The Hall–Kier alpha value is -2.31. The minimum absolute atomic E-state index is 0.129. The lowest BCUT2D eigenvalue weighted by atomic mass is 10.1. The number of ether oxygens (including phenoxy) is 2. The topological polar surface area (TPSA) is 61.1 Å². The van der Waals surface area contributed by atoms with E-state index in [0.717, 1.165) is 17.1 Å². The number of nitrogens with zero attached hydrogens (tertiary/aromatic N) is 1. The van der Waals surface area contributed by atoms with Crippen molar-refractivity contribution >= 4 is 5.97 Å². The standard InChI is InChI=1S/C17H19NO5/c1-20-13-7-5-12(6-8-13)11-18-14(15-4-3-9-22-15)10-16(23-18)17(19)21-2/h3-9,14,16H,10-11H2,1-2H3/t14-,16-/m1/s1. The average molecular weight is 317 g/mol. The summed E-state index contributed by atoms with van der Waals surface area (Å²) in [4.78, 5) is 17.6. The third kappa shape index (κ3) is 3.38. The molecule has 1 aromatic heterocycles. The smallest absolute Gasteiger partial charge is 0.337 e. The lowest BCUT2D eigenvalue weighted by Gasteiger charge is -2.21. The van der Waals surface area contributed by atoms with Crippen LogP contribution < -0.4 is 4.74 Å². The van der Waals surface area contributed by atoms with Crippen molar-refractivity contribution in [2.24, 2.45) is 0 Å². The number of methoxy groups -OCH3 is 2. The first-order valence-electron chi connectivity index (χ1n) is 7.39. The second kappa shape index (κ2) is 6.85. The summed E-state index contributed by atoms with van der Waals surface area (Å²) in [6.45, 7) is 0.531. The summed E-state index contributed by atoms with van der Waals surface area (Å²) in [5.41, 5.74) is 1.05. The number of carbonyl (C=O) groups excluding carboxylic acids is 1. The van der Waals surface area contributed by atoms with Gasteiger partial charge in [0.1, 0.15) is 11.5 Å². The highest BCUT2D eigenvalue weighted by Crippen LogP contribution is 2.36. The van der Waals surface area contributed by atoms with Gasteiger partial charge in [0.15, 0.2) is 6.10 Å². The summed E-state index contributed by atoms with van der Waals surface area (Å²) in [6.07, 6.45) is 1.50. The Morgan fingerprint density at radius 3 is 2.65 bits per heavy atom. The van der Waals surface area contributed by atoms with Crippen molar-refractivity contribution in [3.8, 4) is 5.75 Å². The van der Waals surface area contributed by atoms with Gasteiger partial charge >= 0.3 is 5.97 Å². The number of benzene rings is 1.